The summed E-state index contributed by atoms with van der Waals surface area (Å²) >= 11 is 0. The Labute approximate surface area is 156 Å². The van der Waals surface area contributed by atoms with Crippen LogP contribution in [-0.4, -0.2) is 50.4 Å². The van der Waals surface area contributed by atoms with Crippen molar-refractivity contribution in [2.45, 2.75) is 32.7 Å². The molecule has 2 amide bonds. The first-order valence-corrected chi connectivity index (χ1v) is 8.98. The zero-order valence-corrected chi connectivity index (χ0v) is 15.3. The van der Waals surface area contributed by atoms with E-state index in [0.717, 1.165) is 18.6 Å². The number of fused-ring (bicyclic) bond motifs is 1. The van der Waals surface area contributed by atoms with Crippen LogP contribution in [0.5, 0.6) is 0 Å². The Hall–Kier alpha value is -3.16. The predicted molar refractivity (Wildman–Crippen MR) is 97.6 cm³/mol. The number of furan rings is 1. The second-order valence-corrected chi connectivity index (χ2v) is 6.88. The maximum absolute atomic E-state index is 12.7. The molecule has 4 rings (SSSR count). The average Bonchev–Trinajstić information content (AvgIpc) is 3.26. The van der Waals surface area contributed by atoms with Crippen molar-refractivity contribution in [1.82, 2.24) is 24.8 Å². The third-order valence-electron chi connectivity index (χ3n) is 4.94. The number of hydrogen-bond donors (Lipinski definition) is 1. The predicted octanol–water partition coefficient (Wildman–Crippen LogP) is 1.97. The van der Waals surface area contributed by atoms with Crippen molar-refractivity contribution in [1.29, 1.82) is 0 Å². The molecular weight excluding hydrogens is 346 g/mol. The summed E-state index contributed by atoms with van der Waals surface area (Å²) in [4.78, 5) is 27.0. The molecule has 1 saturated heterocycles. The normalized spacial score (nSPS) is 15.3. The van der Waals surface area contributed by atoms with Crippen LogP contribution in [0.4, 0.5) is 0 Å². The standard InChI is InChI=1S/C19H21N5O3/c1-12-9-16(13(2)27-12)18(25)21-15-5-7-23(8-6-15)19(26)14-3-4-17-22-20-11-24(17)10-14/h3-4,9-11,15H,5-8H2,1-2H3,(H,21,25). The Morgan fingerprint density at radius 1 is 1.22 bits per heavy atom. The van der Waals surface area contributed by atoms with Crippen LogP contribution in [0.1, 0.15) is 45.1 Å². The van der Waals surface area contributed by atoms with Gasteiger partial charge in [-0.2, -0.15) is 0 Å². The van der Waals surface area contributed by atoms with Crippen molar-refractivity contribution in [2.24, 2.45) is 0 Å². The Balaban J connectivity index is 1.36. The summed E-state index contributed by atoms with van der Waals surface area (Å²) < 4.78 is 7.15. The number of rotatable bonds is 3. The van der Waals surface area contributed by atoms with Crippen LogP contribution in [0.3, 0.4) is 0 Å². The molecule has 8 heteroatoms. The molecule has 0 radical (unpaired) electrons. The summed E-state index contributed by atoms with van der Waals surface area (Å²) in [6, 6.07) is 5.35. The lowest BCUT2D eigenvalue weighted by Gasteiger charge is -2.32. The molecule has 1 aliphatic heterocycles. The van der Waals surface area contributed by atoms with E-state index in [9.17, 15) is 9.59 Å². The minimum atomic E-state index is -0.118. The van der Waals surface area contributed by atoms with Gasteiger partial charge < -0.3 is 14.6 Å². The van der Waals surface area contributed by atoms with Crippen LogP contribution >= 0.6 is 0 Å². The smallest absolute Gasteiger partial charge is 0.255 e. The van der Waals surface area contributed by atoms with Gasteiger partial charge in [-0.3, -0.25) is 14.0 Å². The molecule has 0 spiro atoms. The van der Waals surface area contributed by atoms with E-state index in [1.54, 1.807) is 42.0 Å². The largest absolute Gasteiger partial charge is 0.466 e. The minimum absolute atomic E-state index is 0.0170. The lowest BCUT2D eigenvalue weighted by molar-refractivity contribution is 0.0697. The Morgan fingerprint density at radius 3 is 2.70 bits per heavy atom. The van der Waals surface area contributed by atoms with Gasteiger partial charge in [-0.05, 0) is 44.9 Å². The van der Waals surface area contributed by atoms with Crippen LogP contribution in [0.25, 0.3) is 5.65 Å². The summed E-state index contributed by atoms with van der Waals surface area (Å²) in [6.07, 6.45) is 4.77. The monoisotopic (exact) mass is 367 g/mol. The first-order chi connectivity index (χ1) is 13.0. The zero-order chi connectivity index (χ0) is 19.0. The van der Waals surface area contributed by atoms with Crippen LogP contribution in [0.2, 0.25) is 0 Å². The fourth-order valence-corrected chi connectivity index (χ4v) is 3.48. The first-order valence-electron chi connectivity index (χ1n) is 8.98. The number of pyridine rings is 1. The Bertz CT molecular complexity index is 998. The molecule has 3 aromatic rings. The number of nitrogens with one attached hydrogen (secondary N) is 1. The molecule has 1 N–H and O–H groups in total. The van der Waals surface area contributed by atoms with Crippen molar-refractivity contribution in [3.05, 3.63) is 53.4 Å². The van der Waals surface area contributed by atoms with Gasteiger partial charge in [0, 0.05) is 25.3 Å². The molecule has 8 nitrogen and oxygen atoms in total. The highest BCUT2D eigenvalue weighted by Crippen LogP contribution is 2.17. The topological polar surface area (TPSA) is 92.7 Å². The van der Waals surface area contributed by atoms with Crippen LogP contribution in [-0.2, 0) is 0 Å². The molecule has 4 heterocycles. The van der Waals surface area contributed by atoms with Crippen molar-refractivity contribution in [2.75, 3.05) is 13.1 Å². The second-order valence-electron chi connectivity index (χ2n) is 6.88. The number of amides is 2. The molecule has 0 bridgehead atoms. The van der Waals surface area contributed by atoms with E-state index in [2.05, 4.69) is 15.5 Å². The quantitative estimate of drug-likeness (QED) is 0.764. The highest BCUT2D eigenvalue weighted by Gasteiger charge is 2.26. The molecule has 0 aromatic carbocycles. The van der Waals surface area contributed by atoms with Crippen LogP contribution in [0.15, 0.2) is 35.1 Å². The van der Waals surface area contributed by atoms with Gasteiger partial charge in [-0.1, -0.05) is 0 Å². The van der Waals surface area contributed by atoms with Gasteiger partial charge >= 0.3 is 0 Å². The summed E-state index contributed by atoms with van der Waals surface area (Å²) in [5.41, 5.74) is 1.89. The van der Waals surface area contributed by atoms with Crippen molar-refractivity contribution in [3.8, 4) is 0 Å². The molecule has 0 unspecified atom stereocenters. The number of likely N-dealkylation sites (tertiary alicyclic amines) is 1. The molecule has 0 saturated carbocycles. The van der Waals surface area contributed by atoms with Gasteiger partial charge in [0.15, 0.2) is 5.65 Å². The van der Waals surface area contributed by atoms with E-state index >= 15 is 0 Å². The number of aromatic nitrogens is 3. The minimum Gasteiger partial charge on any atom is -0.466 e. The van der Waals surface area contributed by atoms with Gasteiger partial charge in [0.1, 0.15) is 17.8 Å². The fourth-order valence-electron chi connectivity index (χ4n) is 3.48. The molecule has 0 atom stereocenters. The van der Waals surface area contributed by atoms with Gasteiger partial charge in [-0.25, -0.2) is 0 Å². The molecule has 140 valence electrons. The summed E-state index contributed by atoms with van der Waals surface area (Å²) in [5, 5.41) is 10.8. The van der Waals surface area contributed by atoms with Crippen LogP contribution < -0.4 is 5.32 Å². The Kier molecular flexibility index (Phi) is 4.39. The fraction of sp³-hybridized carbons (Fsp3) is 0.368. The van der Waals surface area contributed by atoms with E-state index in [-0.39, 0.29) is 17.9 Å². The van der Waals surface area contributed by atoms with Crippen molar-refractivity contribution in [3.63, 3.8) is 0 Å². The maximum Gasteiger partial charge on any atom is 0.255 e. The highest BCUT2D eigenvalue weighted by atomic mass is 16.3. The van der Waals surface area contributed by atoms with E-state index in [4.69, 9.17) is 4.42 Å². The SMILES string of the molecule is Cc1cc(C(=O)NC2CCN(C(=O)c3ccc4nncn4c3)CC2)c(C)o1. The van der Waals surface area contributed by atoms with E-state index in [1.165, 1.54) is 0 Å². The summed E-state index contributed by atoms with van der Waals surface area (Å²) in [7, 11) is 0. The number of aryl methyl sites for hydroxylation is 2. The molecule has 1 aliphatic rings. The Morgan fingerprint density at radius 2 is 2.00 bits per heavy atom. The second kappa shape index (κ2) is 6.86. The van der Waals surface area contributed by atoms with Gasteiger partial charge in [0.05, 0.1) is 11.1 Å². The number of hydrogen-bond acceptors (Lipinski definition) is 5. The lowest BCUT2D eigenvalue weighted by Crippen LogP contribution is -2.46. The maximum atomic E-state index is 12.7. The lowest BCUT2D eigenvalue weighted by atomic mass is 10.0. The van der Waals surface area contributed by atoms with Crippen molar-refractivity contribution >= 4 is 17.5 Å². The zero-order valence-electron chi connectivity index (χ0n) is 15.3. The van der Waals surface area contributed by atoms with Gasteiger partial charge in [0.25, 0.3) is 11.8 Å². The van der Waals surface area contributed by atoms with E-state index in [1.807, 2.05) is 11.8 Å². The van der Waals surface area contributed by atoms with Crippen molar-refractivity contribution < 1.29 is 14.0 Å². The highest BCUT2D eigenvalue weighted by molar-refractivity contribution is 5.96. The van der Waals surface area contributed by atoms with Gasteiger partial charge in [-0.15, -0.1) is 10.2 Å². The third kappa shape index (κ3) is 3.42. The number of carbonyl (C=O) groups excluding carboxylic acids is 2. The summed E-state index contributed by atoms with van der Waals surface area (Å²) in [6.45, 7) is 4.82. The molecule has 27 heavy (non-hydrogen) atoms. The first kappa shape index (κ1) is 17.3. The third-order valence-corrected chi connectivity index (χ3v) is 4.94. The number of carbonyl (C=O) groups is 2. The molecule has 3 aromatic heterocycles. The average molecular weight is 367 g/mol. The number of piperidine rings is 1. The van der Waals surface area contributed by atoms with E-state index < -0.39 is 0 Å². The molecule has 0 aliphatic carbocycles. The number of nitrogens with zero attached hydrogens (tertiary/aromatic N) is 4. The van der Waals surface area contributed by atoms with Crippen LogP contribution in [0, 0.1) is 13.8 Å². The van der Waals surface area contributed by atoms with Gasteiger partial charge in [0.2, 0.25) is 0 Å². The molecule has 1 fully saturated rings. The summed E-state index contributed by atoms with van der Waals surface area (Å²) in [5.74, 6) is 1.22. The van der Waals surface area contributed by atoms with E-state index in [0.29, 0.717) is 35.6 Å². The molecular formula is C19H21N5O3.